The zero-order chi connectivity index (χ0) is 30.2. The van der Waals surface area contributed by atoms with Crippen molar-refractivity contribution in [1.29, 1.82) is 0 Å². The average Bonchev–Trinajstić information content (AvgIpc) is 3.58. The SMILES string of the molecule is COc1cc2c(cc1OC)N(Cc1ccccn1)C(=O)C(NC(=O)C1CC(O)CN1C(=O)c1cn(C)c3ccccc13)C2. The third kappa shape index (κ3) is 5.16. The van der Waals surface area contributed by atoms with Gasteiger partial charge in [-0.3, -0.25) is 19.4 Å². The Bertz CT molecular complexity index is 1700. The van der Waals surface area contributed by atoms with Gasteiger partial charge in [-0.2, -0.15) is 0 Å². The van der Waals surface area contributed by atoms with E-state index in [1.54, 1.807) is 35.5 Å². The smallest absolute Gasteiger partial charge is 0.256 e. The molecule has 3 atom stereocenters. The summed E-state index contributed by atoms with van der Waals surface area (Å²) < 4.78 is 12.9. The van der Waals surface area contributed by atoms with Crippen LogP contribution in [0.5, 0.6) is 11.5 Å². The number of ether oxygens (including phenoxy) is 2. The molecule has 11 heteroatoms. The van der Waals surface area contributed by atoms with Crippen LogP contribution >= 0.6 is 0 Å². The molecule has 4 aromatic rings. The fourth-order valence-electron chi connectivity index (χ4n) is 6.09. The van der Waals surface area contributed by atoms with Crippen molar-refractivity contribution in [1.82, 2.24) is 19.8 Å². The molecule has 43 heavy (non-hydrogen) atoms. The maximum Gasteiger partial charge on any atom is 0.256 e. The Kier molecular flexibility index (Phi) is 7.49. The van der Waals surface area contributed by atoms with Crippen molar-refractivity contribution in [2.24, 2.45) is 7.05 Å². The number of β-amino-alcohol motifs (C(OH)–C–C–N with tert-alkyl or cyclic N) is 1. The third-order valence-electron chi connectivity index (χ3n) is 8.20. The summed E-state index contributed by atoms with van der Waals surface area (Å²) in [5.41, 5.74) is 3.44. The van der Waals surface area contributed by atoms with Gasteiger partial charge in [-0.1, -0.05) is 24.3 Å². The summed E-state index contributed by atoms with van der Waals surface area (Å²) in [7, 11) is 4.92. The van der Waals surface area contributed by atoms with Crippen molar-refractivity contribution < 1.29 is 29.0 Å². The fraction of sp³-hybridized carbons (Fsp3) is 0.312. The van der Waals surface area contributed by atoms with Gasteiger partial charge in [0, 0.05) is 55.8 Å². The van der Waals surface area contributed by atoms with Gasteiger partial charge < -0.3 is 34.3 Å². The van der Waals surface area contributed by atoms with Crippen LogP contribution in [0.15, 0.2) is 67.0 Å². The number of likely N-dealkylation sites (tertiary alicyclic amines) is 1. The molecule has 11 nitrogen and oxygen atoms in total. The highest BCUT2D eigenvalue weighted by atomic mass is 16.5. The molecule has 0 aliphatic carbocycles. The fourth-order valence-corrected chi connectivity index (χ4v) is 6.09. The molecule has 3 amide bonds. The van der Waals surface area contributed by atoms with Crippen molar-refractivity contribution in [3.8, 4) is 11.5 Å². The molecule has 1 saturated heterocycles. The number of anilines is 1. The number of hydrogen-bond donors (Lipinski definition) is 2. The molecule has 0 saturated carbocycles. The number of methoxy groups -OCH3 is 2. The van der Waals surface area contributed by atoms with Crippen molar-refractivity contribution in [2.75, 3.05) is 25.7 Å². The molecule has 2 aromatic heterocycles. The van der Waals surface area contributed by atoms with E-state index in [1.807, 2.05) is 48.0 Å². The number of carbonyl (C=O) groups excluding carboxylic acids is 3. The van der Waals surface area contributed by atoms with E-state index < -0.39 is 24.1 Å². The molecule has 0 spiro atoms. The van der Waals surface area contributed by atoms with Crippen LogP contribution in [0.1, 0.15) is 28.0 Å². The third-order valence-corrected chi connectivity index (χ3v) is 8.20. The van der Waals surface area contributed by atoms with Gasteiger partial charge in [0.1, 0.15) is 12.1 Å². The minimum atomic E-state index is -0.940. The van der Waals surface area contributed by atoms with Gasteiger partial charge in [0.2, 0.25) is 11.8 Å². The average molecular weight is 584 g/mol. The summed E-state index contributed by atoms with van der Waals surface area (Å²) in [6.45, 7) is 0.201. The summed E-state index contributed by atoms with van der Waals surface area (Å²) in [4.78, 5) is 48.8. The molecular formula is C32H33N5O6. The molecule has 2 aliphatic heterocycles. The van der Waals surface area contributed by atoms with E-state index in [4.69, 9.17) is 9.47 Å². The number of fused-ring (bicyclic) bond motifs is 2. The molecule has 6 rings (SSSR count). The Morgan fingerprint density at radius 1 is 1.07 bits per heavy atom. The van der Waals surface area contributed by atoms with Crippen LogP contribution in [0.3, 0.4) is 0 Å². The largest absolute Gasteiger partial charge is 0.493 e. The second-order valence-corrected chi connectivity index (χ2v) is 10.9. The number of rotatable bonds is 7. The zero-order valence-corrected chi connectivity index (χ0v) is 24.2. The van der Waals surface area contributed by atoms with Crippen LogP contribution in [0.4, 0.5) is 5.69 Å². The number of carbonyl (C=O) groups is 3. The van der Waals surface area contributed by atoms with Gasteiger partial charge in [-0.25, -0.2) is 0 Å². The van der Waals surface area contributed by atoms with Crippen molar-refractivity contribution in [3.05, 3.63) is 83.8 Å². The molecule has 2 aromatic carbocycles. The minimum Gasteiger partial charge on any atom is -0.493 e. The Morgan fingerprint density at radius 2 is 1.81 bits per heavy atom. The summed E-state index contributed by atoms with van der Waals surface area (Å²) in [6, 6.07) is 14.7. The molecule has 222 valence electrons. The Balaban J connectivity index is 1.29. The first-order valence-electron chi connectivity index (χ1n) is 14.1. The predicted molar refractivity (Wildman–Crippen MR) is 159 cm³/mol. The van der Waals surface area contributed by atoms with E-state index >= 15 is 0 Å². The molecule has 1 fully saturated rings. The number of para-hydroxylation sites is 1. The number of aliphatic hydroxyl groups is 1. The van der Waals surface area contributed by atoms with E-state index in [0.717, 1.165) is 16.5 Å². The highest BCUT2D eigenvalue weighted by Crippen LogP contribution is 2.39. The number of aryl methyl sites for hydroxylation is 1. The molecule has 2 aliphatic rings. The van der Waals surface area contributed by atoms with Gasteiger partial charge in [0.15, 0.2) is 11.5 Å². The number of nitrogens with one attached hydrogen (secondary N) is 1. The van der Waals surface area contributed by atoms with Crippen LogP contribution in [0.25, 0.3) is 10.9 Å². The lowest BCUT2D eigenvalue weighted by molar-refractivity contribution is -0.130. The number of aliphatic hydroxyl groups excluding tert-OH is 1. The lowest BCUT2D eigenvalue weighted by atomic mass is 9.95. The van der Waals surface area contributed by atoms with Crippen LogP contribution < -0.4 is 19.7 Å². The minimum absolute atomic E-state index is 0.0182. The number of pyridine rings is 1. The van der Waals surface area contributed by atoms with Crippen LogP contribution in [0, 0.1) is 0 Å². The van der Waals surface area contributed by atoms with Crippen LogP contribution in [-0.4, -0.2) is 76.2 Å². The summed E-state index contributed by atoms with van der Waals surface area (Å²) in [5, 5.41) is 14.2. The number of aromatic nitrogens is 2. The standard InChI is InChI=1S/C32H33N5O6/c1-35-18-23(22-9-4-5-10-25(22)35)31(40)37-17-21(38)14-27(37)30(39)34-24-12-19-13-28(42-2)29(43-3)15-26(19)36(32(24)41)16-20-8-6-7-11-33-20/h4-11,13,15,18,21,24,27,38H,12,14,16-17H2,1-3H3,(H,34,39). The number of nitrogens with zero attached hydrogens (tertiary/aromatic N) is 4. The monoisotopic (exact) mass is 583 g/mol. The number of benzene rings is 2. The lowest BCUT2D eigenvalue weighted by Gasteiger charge is -2.35. The van der Waals surface area contributed by atoms with Gasteiger partial charge in [-0.05, 0) is 29.8 Å². The molecule has 0 bridgehead atoms. The number of hydrogen-bond acceptors (Lipinski definition) is 7. The topological polar surface area (TPSA) is 126 Å². The van der Waals surface area contributed by atoms with Crippen molar-refractivity contribution in [3.63, 3.8) is 0 Å². The predicted octanol–water partition coefficient (Wildman–Crippen LogP) is 2.44. The second-order valence-electron chi connectivity index (χ2n) is 10.9. The highest BCUT2D eigenvalue weighted by Gasteiger charge is 2.42. The highest BCUT2D eigenvalue weighted by molar-refractivity contribution is 6.09. The van der Waals surface area contributed by atoms with E-state index in [1.165, 1.54) is 19.1 Å². The van der Waals surface area contributed by atoms with Crippen LogP contribution in [-0.2, 0) is 29.6 Å². The summed E-state index contributed by atoms with van der Waals surface area (Å²) in [5.74, 6) is -0.175. The van der Waals surface area contributed by atoms with E-state index in [0.29, 0.717) is 28.4 Å². The molecule has 3 unspecified atom stereocenters. The van der Waals surface area contributed by atoms with E-state index in [-0.39, 0.29) is 37.7 Å². The van der Waals surface area contributed by atoms with E-state index in [9.17, 15) is 19.5 Å². The maximum absolute atomic E-state index is 13.9. The van der Waals surface area contributed by atoms with Gasteiger partial charge in [0.05, 0.1) is 43.8 Å². The van der Waals surface area contributed by atoms with Crippen molar-refractivity contribution in [2.45, 2.75) is 37.6 Å². The summed E-state index contributed by atoms with van der Waals surface area (Å²) in [6.07, 6.45) is 2.82. The number of amides is 3. The van der Waals surface area contributed by atoms with Gasteiger partial charge in [0.25, 0.3) is 5.91 Å². The van der Waals surface area contributed by atoms with E-state index in [2.05, 4.69) is 10.3 Å². The Hall–Kier alpha value is -4.90. The quantitative estimate of drug-likeness (QED) is 0.342. The first kappa shape index (κ1) is 28.2. The first-order valence-corrected chi connectivity index (χ1v) is 14.1. The second kappa shape index (κ2) is 11.4. The molecule has 2 N–H and O–H groups in total. The Morgan fingerprint density at radius 3 is 2.56 bits per heavy atom. The maximum atomic E-state index is 13.9. The Labute approximate surface area is 248 Å². The van der Waals surface area contributed by atoms with Crippen molar-refractivity contribution >= 4 is 34.3 Å². The zero-order valence-electron chi connectivity index (χ0n) is 24.2. The van der Waals surface area contributed by atoms with Gasteiger partial charge >= 0.3 is 0 Å². The normalized spacial score (nSPS) is 19.8. The lowest BCUT2D eigenvalue weighted by Crippen LogP contribution is -2.56. The molecule has 4 heterocycles. The van der Waals surface area contributed by atoms with Crippen LogP contribution in [0.2, 0.25) is 0 Å². The molecule has 0 radical (unpaired) electrons. The summed E-state index contributed by atoms with van der Waals surface area (Å²) >= 11 is 0. The van der Waals surface area contributed by atoms with Gasteiger partial charge in [-0.15, -0.1) is 0 Å². The molecular weight excluding hydrogens is 550 g/mol. The first-order chi connectivity index (χ1) is 20.8.